The number of phenols is 1. The highest BCUT2D eigenvalue weighted by atomic mass is 16.5. The molecular weight excluding hydrogens is 258 g/mol. The second-order valence-electron chi connectivity index (χ2n) is 5.31. The molecule has 1 saturated carbocycles. The molecule has 0 aliphatic heterocycles. The Morgan fingerprint density at radius 2 is 1.85 bits per heavy atom. The molecule has 5 nitrogen and oxygen atoms in total. The molecule has 0 amide bonds. The summed E-state index contributed by atoms with van der Waals surface area (Å²) in [6.45, 7) is 1.57. The van der Waals surface area contributed by atoms with Crippen LogP contribution in [-0.4, -0.2) is 37.1 Å². The minimum atomic E-state index is -0.129. The zero-order chi connectivity index (χ0) is 14.5. The monoisotopic (exact) mass is 281 g/mol. The third-order valence-electron chi connectivity index (χ3n) is 3.82. The lowest BCUT2D eigenvalue weighted by atomic mass is 10.1. The van der Waals surface area contributed by atoms with Crippen molar-refractivity contribution in [2.45, 2.75) is 31.9 Å². The molecular formula is C15H23NO4. The van der Waals surface area contributed by atoms with Crippen molar-refractivity contribution in [3.05, 3.63) is 17.7 Å². The number of aliphatic hydroxyl groups excluding tert-OH is 1. The standard InChI is InChI=1S/C15H23NO4/c1-19-13-6-11(7-14(20-2)15(13)18)9-16-8-10-3-4-12(17)5-10/h6-7,10,12,16-18H,3-5,8-9H2,1-2H3. The number of aliphatic hydroxyl groups is 1. The Morgan fingerprint density at radius 3 is 2.35 bits per heavy atom. The smallest absolute Gasteiger partial charge is 0.200 e. The summed E-state index contributed by atoms with van der Waals surface area (Å²) < 4.78 is 10.3. The van der Waals surface area contributed by atoms with Gasteiger partial charge in [-0.25, -0.2) is 0 Å². The molecule has 2 rings (SSSR count). The van der Waals surface area contributed by atoms with Crippen molar-refractivity contribution in [2.24, 2.45) is 5.92 Å². The predicted octanol–water partition coefficient (Wildman–Crippen LogP) is 1.66. The van der Waals surface area contributed by atoms with E-state index in [4.69, 9.17) is 9.47 Å². The molecule has 3 N–H and O–H groups in total. The molecule has 0 aromatic heterocycles. The summed E-state index contributed by atoms with van der Waals surface area (Å²) in [5.74, 6) is 1.40. The number of aromatic hydroxyl groups is 1. The van der Waals surface area contributed by atoms with Gasteiger partial charge in [0.1, 0.15) is 0 Å². The summed E-state index contributed by atoms with van der Waals surface area (Å²) in [4.78, 5) is 0. The number of ether oxygens (including phenoxy) is 2. The SMILES string of the molecule is COc1cc(CNCC2CCC(O)C2)cc(OC)c1O. The van der Waals surface area contributed by atoms with Crippen LogP contribution >= 0.6 is 0 Å². The minimum Gasteiger partial charge on any atom is -0.502 e. The predicted molar refractivity (Wildman–Crippen MR) is 76.3 cm³/mol. The quantitative estimate of drug-likeness (QED) is 0.740. The Kier molecular flexibility index (Phi) is 5.09. The number of rotatable bonds is 6. The third kappa shape index (κ3) is 3.55. The van der Waals surface area contributed by atoms with E-state index in [1.807, 2.05) is 0 Å². The summed E-state index contributed by atoms with van der Waals surface area (Å²) in [6.07, 6.45) is 2.74. The Balaban J connectivity index is 1.92. The van der Waals surface area contributed by atoms with Crippen LogP contribution in [0, 0.1) is 5.92 Å². The number of methoxy groups -OCH3 is 2. The van der Waals surface area contributed by atoms with E-state index in [1.54, 1.807) is 12.1 Å². The van der Waals surface area contributed by atoms with Gasteiger partial charge in [0.05, 0.1) is 20.3 Å². The average Bonchev–Trinajstić information content (AvgIpc) is 2.86. The molecule has 1 aliphatic carbocycles. The van der Waals surface area contributed by atoms with E-state index >= 15 is 0 Å². The van der Waals surface area contributed by atoms with Gasteiger partial charge in [-0.15, -0.1) is 0 Å². The Labute approximate surface area is 119 Å². The molecule has 0 spiro atoms. The van der Waals surface area contributed by atoms with E-state index in [1.165, 1.54) is 14.2 Å². The van der Waals surface area contributed by atoms with Crippen LogP contribution in [-0.2, 0) is 6.54 Å². The van der Waals surface area contributed by atoms with Crippen LogP contribution in [0.5, 0.6) is 17.2 Å². The van der Waals surface area contributed by atoms with Gasteiger partial charge in [0.2, 0.25) is 5.75 Å². The fraction of sp³-hybridized carbons (Fsp3) is 0.600. The van der Waals surface area contributed by atoms with E-state index in [0.29, 0.717) is 24.0 Å². The van der Waals surface area contributed by atoms with Crippen molar-refractivity contribution in [1.29, 1.82) is 0 Å². The van der Waals surface area contributed by atoms with Gasteiger partial charge in [0.25, 0.3) is 0 Å². The van der Waals surface area contributed by atoms with E-state index in [0.717, 1.165) is 31.4 Å². The normalized spacial score (nSPS) is 21.9. The minimum absolute atomic E-state index is 0.0256. The Bertz CT molecular complexity index is 424. The molecule has 0 radical (unpaired) electrons. The molecule has 5 heteroatoms. The summed E-state index contributed by atoms with van der Waals surface area (Å²) in [5, 5.41) is 22.7. The second kappa shape index (κ2) is 6.81. The zero-order valence-corrected chi connectivity index (χ0v) is 12.1. The molecule has 2 unspecified atom stereocenters. The van der Waals surface area contributed by atoms with Gasteiger partial charge in [-0.2, -0.15) is 0 Å². The first-order valence-electron chi connectivity index (χ1n) is 6.96. The lowest BCUT2D eigenvalue weighted by Crippen LogP contribution is -2.21. The highest BCUT2D eigenvalue weighted by Crippen LogP contribution is 2.37. The van der Waals surface area contributed by atoms with Crippen molar-refractivity contribution in [3.8, 4) is 17.2 Å². The molecule has 1 aromatic carbocycles. The van der Waals surface area contributed by atoms with Gasteiger partial charge in [-0.3, -0.25) is 0 Å². The number of nitrogens with one attached hydrogen (secondary N) is 1. The average molecular weight is 281 g/mol. The van der Waals surface area contributed by atoms with Crippen molar-refractivity contribution in [3.63, 3.8) is 0 Å². The van der Waals surface area contributed by atoms with Crippen LogP contribution in [0.4, 0.5) is 0 Å². The van der Waals surface area contributed by atoms with E-state index < -0.39 is 0 Å². The van der Waals surface area contributed by atoms with Gasteiger partial charge >= 0.3 is 0 Å². The van der Waals surface area contributed by atoms with Crippen LogP contribution in [0.3, 0.4) is 0 Å². The van der Waals surface area contributed by atoms with Gasteiger partial charge in [0.15, 0.2) is 11.5 Å². The highest BCUT2D eigenvalue weighted by molar-refractivity contribution is 5.52. The number of hydrogen-bond donors (Lipinski definition) is 3. The first-order valence-corrected chi connectivity index (χ1v) is 6.96. The molecule has 20 heavy (non-hydrogen) atoms. The lowest BCUT2D eigenvalue weighted by molar-refractivity contribution is 0.177. The second-order valence-corrected chi connectivity index (χ2v) is 5.31. The summed E-state index contributed by atoms with van der Waals surface area (Å²) in [6, 6.07) is 3.60. The molecule has 1 aromatic rings. The van der Waals surface area contributed by atoms with Crippen LogP contribution in [0.25, 0.3) is 0 Å². The number of benzene rings is 1. The molecule has 2 atom stereocenters. The topological polar surface area (TPSA) is 71.0 Å². The molecule has 1 aliphatic rings. The zero-order valence-electron chi connectivity index (χ0n) is 12.1. The van der Waals surface area contributed by atoms with Gasteiger partial charge < -0.3 is 25.0 Å². The molecule has 0 bridgehead atoms. The highest BCUT2D eigenvalue weighted by Gasteiger charge is 2.22. The van der Waals surface area contributed by atoms with E-state index in [9.17, 15) is 10.2 Å². The molecule has 112 valence electrons. The van der Waals surface area contributed by atoms with Crippen molar-refractivity contribution >= 4 is 0 Å². The van der Waals surface area contributed by atoms with Gasteiger partial charge in [-0.05, 0) is 49.4 Å². The third-order valence-corrected chi connectivity index (χ3v) is 3.82. The maximum atomic E-state index is 9.84. The first kappa shape index (κ1) is 14.9. The van der Waals surface area contributed by atoms with Crippen LogP contribution in [0.1, 0.15) is 24.8 Å². The fourth-order valence-electron chi connectivity index (χ4n) is 2.70. The fourth-order valence-corrected chi connectivity index (χ4v) is 2.70. The largest absolute Gasteiger partial charge is 0.502 e. The van der Waals surface area contributed by atoms with Gasteiger partial charge in [0, 0.05) is 6.54 Å². The molecule has 0 heterocycles. The van der Waals surface area contributed by atoms with Crippen LogP contribution in [0.2, 0.25) is 0 Å². The van der Waals surface area contributed by atoms with Crippen molar-refractivity contribution < 1.29 is 19.7 Å². The van der Waals surface area contributed by atoms with E-state index in [2.05, 4.69) is 5.32 Å². The number of hydrogen-bond acceptors (Lipinski definition) is 5. The van der Waals surface area contributed by atoms with Crippen LogP contribution in [0.15, 0.2) is 12.1 Å². The van der Waals surface area contributed by atoms with Crippen molar-refractivity contribution in [1.82, 2.24) is 5.32 Å². The maximum Gasteiger partial charge on any atom is 0.200 e. The number of phenolic OH excluding ortho intramolecular Hbond substituents is 1. The Morgan fingerprint density at radius 1 is 1.20 bits per heavy atom. The summed E-state index contributed by atoms with van der Waals surface area (Å²) in [5.41, 5.74) is 0.995. The lowest BCUT2D eigenvalue weighted by Gasteiger charge is -2.13. The molecule has 0 saturated heterocycles. The van der Waals surface area contributed by atoms with Crippen molar-refractivity contribution in [2.75, 3.05) is 20.8 Å². The summed E-state index contributed by atoms with van der Waals surface area (Å²) in [7, 11) is 3.04. The van der Waals surface area contributed by atoms with Gasteiger partial charge in [-0.1, -0.05) is 0 Å². The first-order chi connectivity index (χ1) is 9.63. The molecule has 1 fully saturated rings. The maximum absolute atomic E-state index is 9.84. The summed E-state index contributed by atoms with van der Waals surface area (Å²) >= 11 is 0. The Hall–Kier alpha value is -1.46. The van der Waals surface area contributed by atoms with E-state index in [-0.39, 0.29) is 11.9 Å². The van der Waals surface area contributed by atoms with Crippen LogP contribution < -0.4 is 14.8 Å².